The molecule has 0 aliphatic heterocycles. The van der Waals surface area contributed by atoms with E-state index in [0.717, 1.165) is 18.5 Å². The van der Waals surface area contributed by atoms with Crippen molar-refractivity contribution in [3.63, 3.8) is 0 Å². The largest absolute Gasteiger partial charge is 0.397 e. The molecule has 0 bridgehead atoms. The van der Waals surface area contributed by atoms with Crippen molar-refractivity contribution in [1.29, 1.82) is 0 Å². The number of carbonyl (C=O) groups is 1. The molecule has 0 saturated carbocycles. The lowest BCUT2D eigenvalue weighted by Crippen LogP contribution is -2.21. The zero-order valence-electron chi connectivity index (χ0n) is 10.7. The SMILES string of the molecule is CCCNCc1cccc(NC(=O)CC(F)(F)F)c1. The van der Waals surface area contributed by atoms with Gasteiger partial charge in [-0.25, -0.2) is 0 Å². The summed E-state index contributed by atoms with van der Waals surface area (Å²) in [7, 11) is 0. The molecule has 19 heavy (non-hydrogen) atoms. The van der Waals surface area contributed by atoms with Crippen molar-refractivity contribution in [3.05, 3.63) is 29.8 Å². The summed E-state index contributed by atoms with van der Waals surface area (Å²) in [4.78, 5) is 11.2. The van der Waals surface area contributed by atoms with Crippen LogP contribution < -0.4 is 10.6 Å². The molecule has 0 saturated heterocycles. The van der Waals surface area contributed by atoms with Crippen LogP contribution in [0.25, 0.3) is 0 Å². The zero-order chi connectivity index (χ0) is 14.3. The molecule has 0 unspecified atom stereocenters. The maximum Gasteiger partial charge on any atom is 0.397 e. The first-order valence-corrected chi connectivity index (χ1v) is 6.07. The van der Waals surface area contributed by atoms with Crippen molar-refractivity contribution < 1.29 is 18.0 Å². The number of rotatable bonds is 6. The van der Waals surface area contributed by atoms with Crippen LogP contribution in [0, 0.1) is 0 Å². The molecule has 0 aliphatic rings. The molecule has 2 N–H and O–H groups in total. The summed E-state index contributed by atoms with van der Waals surface area (Å²) in [6.45, 7) is 3.53. The third-order valence-electron chi connectivity index (χ3n) is 2.33. The number of halogens is 3. The normalized spacial score (nSPS) is 11.4. The average Bonchev–Trinajstić information content (AvgIpc) is 2.27. The second-order valence-corrected chi connectivity index (χ2v) is 4.22. The molecule has 3 nitrogen and oxygen atoms in total. The molecule has 0 atom stereocenters. The number of nitrogens with one attached hydrogen (secondary N) is 2. The van der Waals surface area contributed by atoms with E-state index < -0.39 is 18.5 Å². The molecule has 0 fully saturated rings. The van der Waals surface area contributed by atoms with E-state index in [0.29, 0.717) is 12.2 Å². The number of benzene rings is 1. The first-order valence-electron chi connectivity index (χ1n) is 6.07. The van der Waals surface area contributed by atoms with Gasteiger partial charge in [0.25, 0.3) is 0 Å². The fourth-order valence-corrected chi connectivity index (χ4v) is 1.56. The van der Waals surface area contributed by atoms with E-state index in [-0.39, 0.29) is 0 Å². The van der Waals surface area contributed by atoms with Crippen LogP contribution in [-0.2, 0) is 11.3 Å². The Labute approximate surface area is 110 Å². The van der Waals surface area contributed by atoms with E-state index in [9.17, 15) is 18.0 Å². The van der Waals surface area contributed by atoms with Crippen LogP contribution in [-0.4, -0.2) is 18.6 Å². The molecule has 1 aromatic rings. The number of carbonyl (C=O) groups excluding carboxylic acids is 1. The van der Waals surface area contributed by atoms with Gasteiger partial charge in [0.2, 0.25) is 5.91 Å². The lowest BCUT2D eigenvalue weighted by Gasteiger charge is -2.09. The van der Waals surface area contributed by atoms with Crippen molar-refractivity contribution >= 4 is 11.6 Å². The zero-order valence-corrected chi connectivity index (χ0v) is 10.7. The highest BCUT2D eigenvalue weighted by atomic mass is 19.4. The third-order valence-corrected chi connectivity index (χ3v) is 2.33. The predicted octanol–water partition coefficient (Wildman–Crippen LogP) is 3.08. The van der Waals surface area contributed by atoms with Crippen LogP contribution in [0.15, 0.2) is 24.3 Å². The summed E-state index contributed by atoms with van der Waals surface area (Å²) >= 11 is 0. The van der Waals surface area contributed by atoms with Crippen molar-refractivity contribution in [2.45, 2.75) is 32.5 Å². The highest BCUT2D eigenvalue weighted by Gasteiger charge is 2.31. The molecule has 1 aromatic carbocycles. The molecule has 106 valence electrons. The molecule has 0 aromatic heterocycles. The van der Waals surface area contributed by atoms with Gasteiger partial charge in [0.15, 0.2) is 0 Å². The lowest BCUT2D eigenvalue weighted by atomic mass is 10.2. The van der Waals surface area contributed by atoms with Gasteiger partial charge in [0, 0.05) is 12.2 Å². The molecule has 1 amide bonds. The van der Waals surface area contributed by atoms with Gasteiger partial charge in [-0.1, -0.05) is 19.1 Å². The van der Waals surface area contributed by atoms with Crippen LogP contribution in [0.5, 0.6) is 0 Å². The summed E-state index contributed by atoms with van der Waals surface area (Å²) in [6.07, 6.45) is -4.95. The van der Waals surface area contributed by atoms with Crippen molar-refractivity contribution in [2.24, 2.45) is 0 Å². The first-order chi connectivity index (χ1) is 8.90. The second kappa shape index (κ2) is 7.13. The quantitative estimate of drug-likeness (QED) is 0.783. The van der Waals surface area contributed by atoms with E-state index in [1.165, 1.54) is 0 Å². The maximum atomic E-state index is 12.0. The minimum atomic E-state index is -4.48. The van der Waals surface area contributed by atoms with Gasteiger partial charge < -0.3 is 10.6 Å². The number of hydrogen-bond acceptors (Lipinski definition) is 2. The van der Waals surface area contributed by atoms with Gasteiger partial charge in [-0.15, -0.1) is 0 Å². The van der Waals surface area contributed by atoms with E-state index >= 15 is 0 Å². The average molecular weight is 274 g/mol. The Balaban J connectivity index is 2.54. The molecular weight excluding hydrogens is 257 g/mol. The van der Waals surface area contributed by atoms with Gasteiger partial charge in [0.05, 0.1) is 0 Å². The molecule has 0 heterocycles. The Kier molecular flexibility index (Phi) is 5.82. The number of anilines is 1. The summed E-state index contributed by atoms with van der Waals surface area (Å²) in [5.74, 6) is -1.05. The standard InChI is InChI=1S/C13H17F3N2O/c1-2-6-17-9-10-4-3-5-11(7-10)18-12(19)8-13(14,15)16/h3-5,7,17H,2,6,8-9H2,1H3,(H,18,19). The molecular formula is C13H17F3N2O. The fraction of sp³-hybridized carbons (Fsp3) is 0.462. The first kappa shape index (κ1) is 15.5. The monoisotopic (exact) mass is 274 g/mol. The van der Waals surface area contributed by atoms with Gasteiger partial charge in [-0.2, -0.15) is 13.2 Å². The Morgan fingerprint density at radius 2 is 2.05 bits per heavy atom. The lowest BCUT2D eigenvalue weighted by molar-refractivity contribution is -0.150. The minimum absolute atomic E-state index is 0.380. The molecule has 0 radical (unpaired) electrons. The number of alkyl halides is 3. The molecule has 0 spiro atoms. The fourth-order valence-electron chi connectivity index (χ4n) is 1.56. The van der Waals surface area contributed by atoms with Crippen LogP contribution in [0.4, 0.5) is 18.9 Å². The number of hydrogen-bond donors (Lipinski definition) is 2. The summed E-state index contributed by atoms with van der Waals surface area (Å²) in [5, 5.41) is 5.42. The van der Waals surface area contributed by atoms with Crippen LogP contribution in [0.3, 0.4) is 0 Å². The van der Waals surface area contributed by atoms with E-state index in [4.69, 9.17) is 0 Å². The van der Waals surface area contributed by atoms with E-state index in [2.05, 4.69) is 10.6 Å². The highest BCUT2D eigenvalue weighted by Crippen LogP contribution is 2.20. The van der Waals surface area contributed by atoms with Crippen LogP contribution >= 0.6 is 0 Å². The third kappa shape index (κ3) is 6.81. The molecule has 1 rings (SSSR count). The maximum absolute atomic E-state index is 12.0. The van der Waals surface area contributed by atoms with Crippen molar-refractivity contribution in [1.82, 2.24) is 5.32 Å². The van der Waals surface area contributed by atoms with Crippen molar-refractivity contribution in [3.8, 4) is 0 Å². The summed E-state index contributed by atoms with van der Waals surface area (Å²) in [6, 6.07) is 6.78. The van der Waals surface area contributed by atoms with Crippen LogP contribution in [0.1, 0.15) is 25.3 Å². The van der Waals surface area contributed by atoms with Crippen molar-refractivity contribution in [2.75, 3.05) is 11.9 Å². The minimum Gasteiger partial charge on any atom is -0.326 e. The summed E-state index contributed by atoms with van der Waals surface area (Å²) < 4.78 is 36.1. The Hall–Kier alpha value is -1.56. The Bertz CT molecular complexity index is 419. The van der Waals surface area contributed by atoms with Crippen LogP contribution in [0.2, 0.25) is 0 Å². The Morgan fingerprint density at radius 1 is 1.32 bits per heavy atom. The van der Waals surface area contributed by atoms with E-state index in [1.807, 2.05) is 13.0 Å². The Morgan fingerprint density at radius 3 is 2.68 bits per heavy atom. The van der Waals surface area contributed by atoms with Gasteiger partial charge in [-0.05, 0) is 30.7 Å². The molecule has 6 heteroatoms. The van der Waals surface area contributed by atoms with E-state index in [1.54, 1.807) is 18.2 Å². The van der Waals surface area contributed by atoms with Gasteiger partial charge in [0.1, 0.15) is 6.42 Å². The van der Waals surface area contributed by atoms with Gasteiger partial charge in [-0.3, -0.25) is 4.79 Å². The molecule has 0 aliphatic carbocycles. The number of amides is 1. The topological polar surface area (TPSA) is 41.1 Å². The smallest absolute Gasteiger partial charge is 0.326 e. The van der Waals surface area contributed by atoms with Gasteiger partial charge >= 0.3 is 6.18 Å². The second-order valence-electron chi connectivity index (χ2n) is 4.22. The predicted molar refractivity (Wildman–Crippen MR) is 67.7 cm³/mol. The highest BCUT2D eigenvalue weighted by molar-refractivity contribution is 5.91. The summed E-state index contributed by atoms with van der Waals surface area (Å²) in [5.41, 5.74) is 1.29.